The van der Waals surface area contributed by atoms with Crippen molar-refractivity contribution >= 4 is 11.8 Å². The maximum atomic E-state index is 12.0. The van der Waals surface area contributed by atoms with Crippen LogP contribution < -0.4 is 16.4 Å². The number of nitrogens with one attached hydrogen (secondary N) is 2. The average Bonchev–Trinajstić information content (AvgIpc) is 2.26. The second-order valence-electron chi connectivity index (χ2n) is 5.11. The van der Waals surface area contributed by atoms with Gasteiger partial charge >= 0.3 is 0 Å². The molecule has 1 rings (SSSR count). The number of rotatable bonds is 3. The number of likely N-dealkylation sites (N-methyl/N-ethyl adjacent to an activating group) is 1. The smallest absolute Gasteiger partial charge is 0.242 e. The Morgan fingerprint density at radius 2 is 1.94 bits per heavy atom. The van der Waals surface area contributed by atoms with E-state index >= 15 is 0 Å². The quantitative estimate of drug-likeness (QED) is 0.650. The zero-order valence-electron chi connectivity index (χ0n) is 10.8. The minimum atomic E-state index is -0.485. The Morgan fingerprint density at radius 3 is 2.47 bits per heavy atom. The molecule has 0 spiro atoms. The monoisotopic (exact) mass is 241 g/mol. The van der Waals surface area contributed by atoms with E-state index in [9.17, 15) is 9.59 Å². The third-order valence-electron chi connectivity index (χ3n) is 3.35. The molecule has 0 aliphatic heterocycles. The molecule has 0 bridgehead atoms. The van der Waals surface area contributed by atoms with Gasteiger partial charge in [0.25, 0.3) is 0 Å². The minimum absolute atomic E-state index is 0.0527. The van der Waals surface area contributed by atoms with Crippen molar-refractivity contribution in [1.29, 1.82) is 0 Å². The predicted octanol–water partition coefficient (Wildman–Crippen LogP) is 0.000600. The lowest BCUT2D eigenvalue weighted by atomic mass is 9.79. The van der Waals surface area contributed by atoms with Crippen molar-refractivity contribution in [2.24, 2.45) is 17.6 Å². The highest BCUT2D eigenvalue weighted by Crippen LogP contribution is 2.28. The van der Waals surface area contributed by atoms with Crippen LogP contribution in [0.3, 0.4) is 0 Å². The number of carbonyl (C=O) groups excluding carboxylic acids is 2. The van der Waals surface area contributed by atoms with E-state index in [-0.39, 0.29) is 23.8 Å². The molecule has 0 aromatic carbocycles. The summed E-state index contributed by atoms with van der Waals surface area (Å²) in [5.41, 5.74) is 5.91. The highest BCUT2D eigenvalue weighted by Gasteiger charge is 2.30. The lowest BCUT2D eigenvalue weighted by Gasteiger charge is -2.31. The van der Waals surface area contributed by atoms with E-state index in [0.717, 1.165) is 19.3 Å². The Hall–Kier alpha value is -1.10. The summed E-state index contributed by atoms with van der Waals surface area (Å²) in [6, 6.07) is -0.384. The maximum Gasteiger partial charge on any atom is 0.242 e. The molecule has 4 unspecified atom stereocenters. The fraction of sp³-hybridized carbons (Fsp3) is 0.833. The molecule has 0 heterocycles. The van der Waals surface area contributed by atoms with Crippen molar-refractivity contribution in [3.63, 3.8) is 0 Å². The third kappa shape index (κ3) is 4.00. The van der Waals surface area contributed by atoms with Crippen LogP contribution in [-0.4, -0.2) is 30.9 Å². The Bertz CT molecular complexity index is 283. The molecule has 1 fully saturated rings. The van der Waals surface area contributed by atoms with Gasteiger partial charge in [-0.2, -0.15) is 0 Å². The first-order valence-electron chi connectivity index (χ1n) is 6.21. The lowest BCUT2D eigenvalue weighted by molar-refractivity contribution is -0.131. The summed E-state index contributed by atoms with van der Waals surface area (Å²) < 4.78 is 0. The molecule has 5 nitrogen and oxygen atoms in total. The van der Waals surface area contributed by atoms with Crippen LogP contribution in [0.25, 0.3) is 0 Å². The molecule has 1 aliphatic rings. The summed E-state index contributed by atoms with van der Waals surface area (Å²) in [5, 5.41) is 5.25. The van der Waals surface area contributed by atoms with Crippen LogP contribution in [0, 0.1) is 11.8 Å². The average molecular weight is 241 g/mol. The molecule has 2 amide bonds. The van der Waals surface area contributed by atoms with E-state index in [1.807, 2.05) is 0 Å². The third-order valence-corrected chi connectivity index (χ3v) is 3.35. The summed E-state index contributed by atoms with van der Waals surface area (Å²) in [5.74, 6) is 0.195. The molecular formula is C12H23N3O2. The fourth-order valence-corrected chi connectivity index (χ4v) is 2.48. The number of hydrogen-bond acceptors (Lipinski definition) is 3. The highest BCUT2D eigenvalue weighted by molar-refractivity contribution is 5.88. The van der Waals surface area contributed by atoms with Gasteiger partial charge < -0.3 is 16.4 Å². The summed E-state index contributed by atoms with van der Waals surface area (Å²) in [6.45, 7) is 3.80. The summed E-state index contributed by atoms with van der Waals surface area (Å²) in [4.78, 5) is 23.3. The zero-order valence-corrected chi connectivity index (χ0v) is 10.8. The highest BCUT2D eigenvalue weighted by atomic mass is 16.2. The van der Waals surface area contributed by atoms with Gasteiger partial charge in [0.1, 0.15) is 6.04 Å². The van der Waals surface area contributed by atoms with Crippen molar-refractivity contribution in [3.05, 3.63) is 0 Å². The van der Waals surface area contributed by atoms with Crippen LogP contribution in [0.1, 0.15) is 33.1 Å². The summed E-state index contributed by atoms with van der Waals surface area (Å²) in [7, 11) is 1.56. The van der Waals surface area contributed by atoms with E-state index in [0.29, 0.717) is 5.92 Å². The van der Waals surface area contributed by atoms with Gasteiger partial charge in [-0.1, -0.05) is 6.92 Å². The molecule has 0 aromatic heterocycles. The van der Waals surface area contributed by atoms with E-state index in [1.54, 1.807) is 14.0 Å². The van der Waals surface area contributed by atoms with Crippen LogP contribution in [0.15, 0.2) is 0 Å². The molecule has 17 heavy (non-hydrogen) atoms. The van der Waals surface area contributed by atoms with Gasteiger partial charge in [-0.25, -0.2) is 0 Å². The van der Waals surface area contributed by atoms with Crippen molar-refractivity contribution < 1.29 is 9.59 Å². The van der Waals surface area contributed by atoms with Crippen molar-refractivity contribution in [2.75, 3.05) is 7.05 Å². The molecular weight excluding hydrogens is 218 g/mol. The van der Waals surface area contributed by atoms with E-state index < -0.39 is 6.04 Å². The molecule has 5 heteroatoms. The maximum absolute atomic E-state index is 12.0. The molecule has 1 aliphatic carbocycles. The van der Waals surface area contributed by atoms with Crippen LogP contribution in [0.2, 0.25) is 0 Å². The predicted molar refractivity (Wildman–Crippen MR) is 66.2 cm³/mol. The van der Waals surface area contributed by atoms with E-state index in [1.165, 1.54) is 0 Å². The molecule has 1 saturated carbocycles. The molecule has 0 radical (unpaired) electrons. The lowest BCUT2D eigenvalue weighted by Crippen LogP contribution is -2.48. The number of amides is 2. The Balaban J connectivity index is 2.49. The standard InChI is InChI=1S/C12H23N3O2/c1-7-4-9(6-10(13)5-7)12(17)15-8(2)11(16)14-3/h7-10H,4-6,13H2,1-3H3,(H,14,16)(H,15,17). The van der Waals surface area contributed by atoms with Gasteiger partial charge in [0, 0.05) is 19.0 Å². The van der Waals surface area contributed by atoms with Crippen LogP contribution in [0.4, 0.5) is 0 Å². The Labute approximate surface area is 103 Å². The SMILES string of the molecule is CNC(=O)C(C)NC(=O)C1CC(C)CC(N)C1. The van der Waals surface area contributed by atoms with Gasteiger partial charge in [0.05, 0.1) is 0 Å². The molecule has 4 N–H and O–H groups in total. The van der Waals surface area contributed by atoms with Gasteiger partial charge in [-0.05, 0) is 32.1 Å². The Morgan fingerprint density at radius 1 is 1.29 bits per heavy atom. The second kappa shape index (κ2) is 6.00. The van der Waals surface area contributed by atoms with Crippen LogP contribution >= 0.6 is 0 Å². The number of hydrogen-bond donors (Lipinski definition) is 3. The van der Waals surface area contributed by atoms with Gasteiger partial charge in [0.15, 0.2) is 0 Å². The van der Waals surface area contributed by atoms with Gasteiger partial charge in [0.2, 0.25) is 11.8 Å². The van der Waals surface area contributed by atoms with E-state index in [4.69, 9.17) is 5.73 Å². The van der Waals surface area contributed by atoms with Gasteiger partial charge in [-0.3, -0.25) is 9.59 Å². The largest absolute Gasteiger partial charge is 0.357 e. The summed E-state index contributed by atoms with van der Waals surface area (Å²) in [6.07, 6.45) is 2.56. The number of carbonyl (C=O) groups is 2. The molecule has 4 atom stereocenters. The van der Waals surface area contributed by atoms with Crippen LogP contribution in [0.5, 0.6) is 0 Å². The zero-order chi connectivity index (χ0) is 13.0. The Kier molecular flexibility index (Phi) is 4.93. The first-order valence-corrected chi connectivity index (χ1v) is 6.21. The van der Waals surface area contributed by atoms with E-state index in [2.05, 4.69) is 17.6 Å². The number of nitrogens with two attached hydrogens (primary N) is 1. The molecule has 0 saturated heterocycles. The van der Waals surface area contributed by atoms with Crippen molar-refractivity contribution in [2.45, 2.75) is 45.2 Å². The molecule has 0 aromatic rings. The molecule has 98 valence electrons. The van der Waals surface area contributed by atoms with Crippen LogP contribution in [-0.2, 0) is 9.59 Å². The minimum Gasteiger partial charge on any atom is -0.357 e. The first-order chi connectivity index (χ1) is 7.93. The normalized spacial score (nSPS) is 30.5. The van der Waals surface area contributed by atoms with Crippen molar-refractivity contribution in [1.82, 2.24) is 10.6 Å². The first kappa shape index (κ1) is 14.0. The van der Waals surface area contributed by atoms with Crippen molar-refractivity contribution in [3.8, 4) is 0 Å². The second-order valence-corrected chi connectivity index (χ2v) is 5.11. The van der Waals surface area contributed by atoms with Gasteiger partial charge in [-0.15, -0.1) is 0 Å². The fourth-order valence-electron chi connectivity index (χ4n) is 2.48. The topological polar surface area (TPSA) is 84.2 Å². The summed E-state index contributed by atoms with van der Waals surface area (Å²) >= 11 is 0.